The van der Waals surface area contributed by atoms with Gasteiger partial charge in [-0.25, -0.2) is 0 Å². The first kappa shape index (κ1) is 8.51. The van der Waals surface area contributed by atoms with Gasteiger partial charge in [-0.2, -0.15) is 0 Å². The molecule has 0 N–H and O–H groups in total. The van der Waals surface area contributed by atoms with Gasteiger partial charge in [0.15, 0.2) is 0 Å². The van der Waals surface area contributed by atoms with Crippen LogP contribution >= 0.6 is 0 Å². The molecule has 0 saturated heterocycles. The zero-order valence-corrected chi connectivity index (χ0v) is 7.89. The molecule has 1 atom stereocenters. The van der Waals surface area contributed by atoms with Crippen LogP contribution in [0.2, 0.25) is 0 Å². The monoisotopic (exact) mass is 151 g/mol. The molecular formula is C10H17N. The predicted molar refractivity (Wildman–Crippen MR) is 49.8 cm³/mol. The number of rotatable bonds is 0. The number of nitrogens with zero attached hydrogens (tertiary/aromatic N) is 1. The SMILES string of the molecule is CC1CC=CN=C1C(C)(C)C. The van der Waals surface area contributed by atoms with Crippen LogP contribution in [0.4, 0.5) is 0 Å². The van der Waals surface area contributed by atoms with E-state index in [2.05, 4.69) is 38.8 Å². The first-order valence-electron chi connectivity index (χ1n) is 4.25. The second kappa shape index (κ2) is 2.80. The molecule has 0 aliphatic carbocycles. The molecule has 0 aromatic heterocycles. The van der Waals surface area contributed by atoms with Gasteiger partial charge < -0.3 is 0 Å². The standard InChI is InChI=1S/C10H17N/c1-8-6-5-7-11-9(8)10(2,3)4/h5,7-8H,6H2,1-4H3. The minimum Gasteiger partial charge on any atom is -0.265 e. The fraction of sp³-hybridized carbons (Fsp3) is 0.700. The van der Waals surface area contributed by atoms with Gasteiger partial charge in [0, 0.05) is 17.3 Å². The molecule has 0 saturated carbocycles. The van der Waals surface area contributed by atoms with Gasteiger partial charge in [0.25, 0.3) is 0 Å². The molecule has 0 radical (unpaired) electrons. The number of aliphatic imine (C=N–C) groups is 1. The normalized spacial score (nSPS) is 25.1. The molecule has 1 rings (SSSR count). The molecule has 1 aliphatic rings. The van der Waals surface area contributed by atoms with Gasteiger partial charge in [-0.3, -0.25) is 4.99 Å². The van der Waals surface area contributed by atoms with E-state index in [1.807, 2.05) is 6.20 Å². The van der Waals surface area contributed by atoms with Crippen LogP contribution in [0, 0.1) is 11.3 Å². The highest BCUT2D eigenvalue weighted by molar-refractivity contribution is 5.92. The van der Waals surface area contributed by atoms with Crippen LogP contribution < -0.4 is 0 Å². The zero-order valence-electron chi connectivity index (χ0n) is 7.89. The van der Waals surface area contributed by atoms with Gasteiger partial charge in [0.05, 0.1) is 0 Å². The molecule has 11 heavy (non-hydrogen) atoms. The van der Waals surface area contributed by atoms with Gasteiger partial charge in [0.2, 0.25) is 0 Å². The first-order chi connectivity index (χ1) is 5.02. The Bertz CT molecular complexity index is 193. The van der Waals surface area contributed by atoms with E-state index in [1.54, 1.807) is 0 Å². The molecule has 0 amide bonds. The van der Waals surface area contributed by atoms with E-state index in [4.69, 9.17) is 0 Å². The van der Waals surface area contributed by atoms with E-state index in [0.29, 0.717) is 5.92 Å². The average Bonchev–Trinajstić information content (AvgIpc) is 1.86. The summed E-state index contributed by atoms with van der Waals surface area (Å²) in [6.07, 6.45) is 5.22. The van der Waals surface area contributed by atoms with Gasteiger partial charge in [-0.1, -0.05) is 33.8 Å². The maximum Gasteiger partial charge on any atom is 0.0263 e. The van der Waals surface area contributed by atoms with Crippen LogP contribution in [0.5, 0.6) is 0 Å². The summed E-state index contributed by atoms with van der Waals surface area (Å²) in [5.41, 5.74) is 1.57. The quantitative estimate of drug-likeness (QED) is 0.504. The first-order valence-corrected chi connectivity index (χ1v) is 4.25. The van der Waals surface area contributed by atoms with Crippen molar-refractivity contribution in [2.45, 2.75) is 34.1 Å². The molecule has 1 nitrogen and oxygen atoms in total. The van der Waals surface area contributed by atoms with E-state index in [0.717, 1.165) is 6.42 Å². The van der Waals surface area contributed by atoms with Gasteiger partial charge in [-0.15, -0.1) is 0 Å². The third-order valence-corrected chi connectivity index (χ3v) is 2.04. The predicted octanol–water partition coefficient (Wildman–Crippen LogP) is 3.03. The van der Waals surface area contributed by atoms with Crippen molar-refractivity contribution in [3.05, 3.63) is 12.3 Å². The summed E-state index contributed by atoms with van der Waals surface area (Å²) < 4.78 is 0. The Labute approximate surface area is 69.2 Å². The Kier molecular flexibility index (Phi) is 2.17. The second-order valence-electron chi connectivity index (χ2n) is 4.29. The van der Waals surface area contributed by atoms with Crippen LogP contribution in [0.3, 0.4) is 0 Å². The molecule has 0 fully saturated rings. The molecule has 0 spiro atoms. The van der Waals surface area contributed by atoms with Crippen molar-refractivity contribution >= 4 is 5.71 Å². The van der Waals surface area contributed by atoms with Crippen LogP contribution in [0.1, 0.15) is 34.1 Å². The summed E-state index contributed by atoms with van der Waals surface area (Å²) in [6, 6.07) is 0. The van der Waals surface area contributed by atoms with Crippen molar-refractivity contribution in [1.82, 2.24) is 0 Å². The molecule has 1 heteroatoms. The minimum atomic E-state index is 0.240. The van der Waals surface area contributed by atoms with Crippen LogP contribution in [0.25, 0.3) is 0 Å². The van der Waals surface area contributed by atoms with Crippen molar-refractivity contribution in [2.75, 3.05) is 0 Å². The Morgan fingerprint density at radius 1 is 1.45 bits per heavy atom. The Morgan fingerprint density at radius 2 is 2.09 bits per heavy atom. The van der Waals surface area contributed by atoms with Crippen molar-refractivity contribution < 1.29 is 0 Å². The van der Waals surface area contributed by atoms with Gasteiger partial charge in [-0.05, 0) is 12.3 Å². The van der Waals surface area contributed by atoms with Crippen molar-refractivity contribution in [1.29, 1.82) is 0 Å². The average molecular weight is 151 g/mol. The van der Waals surface area contributed by atoms with E-state index < -0.39 is 0 Å². The molecule has 62 valence electrons. The smallest absolute Gasteiger partial charge is 0.0263 e. The number of allylic oxidation sites excluding steroid dienone is 1. The fourth-order valence-electron chi connectivity index (χ4n) is 1.57. The van der Waals surface area contributed by atoms with Crippen LogP contribution in [0.15, 0.2) is 17.3 Å². The summed E-state index contributed by atoms with van der Waals surface area (Å²) in [5.74, 6) is 0.625. The topological polar surface area (TPSA) is 12.4 Å². The lowest BCUT2D eigenvalue weighted by Crippen LogP contribution is -2.27. The number of hydrogen-bond acceptors (Lipinski definition) is 1. The molecule has 1 unspecified atom stereocenters. The molecule has 0 aromatic rings. The maximum atomic E-state index is 4.42. The lowest BCUT2D eigenvalue weighted by molar-refractivity contribution is 0.542. The van der Waals surface area contributed by atoms with Crippen molar-refractivity contribution in [3.8, 4) is 0 Å². The molecule has 0 aromatic carbocycles. The summed E-state index contributed by atoms with van der Waals surface area (Å²) in [6.45, 7) is 8.91. The Hall–Kier alpha value is -0.590. The van der Waals surface area contributed by atoms with Crippen LogP contribution in [-0.4, -0.2) is 5.71 Å². The van der Waals surface area contributed by atoms with E-state index in [9.17, 15) is 0 Å². The summed E-state index contributed by atoms with van der Waals surface area (Å²) in [5, 5.41) is 0. The Morgan fingerprint density at radius 3 is 2.45 bits per heavy atom. The number of hydrogen-bond donors (Lipinski definition) is 0. The van der Waals surface area contributed by atoms with Gasteiger partial charge >= 0.3 is 0 Å². The third kappa shape index (κ3) is 1.92. The lowest BCUT2D eigenvalue weighted by Gasteiger charge is -2.27. The molecule has 0 bridgehead atoms. The molecule has 1 aliphatic heterocycles. The van der Waals surface area contributed by atoms with Crippen molar-refractivity contribution in [2.24, 2.45) is 16.3 Å². The second-order valence-corrected chi connectivity index (χ2v) is 4.29. The summed E-state index contributed by atoms with van der Waals surface area (Å²) in [4.78, 5) is 4.42. The van der Waals surface area contributed by atoms with E-state index in [-0.39, 0.29) is 5.41 Å². The van der Waals surface area contributed by atoms with Crippen LogP contribution in [-0.2, 0) is 0 Å². The highest BCUT2D eigenvalue weighted by Crippen LogP contribution is 2.26. The highest BCUT2D eigenvalue weighted by atomic mass is 14.7. The van der Waals surface area contributed by atoms with Gasteiger partial charge in [0.1, 0.15) is 0 Å². The molecule has 1 heterocycles. The zero-order chi connectivity index (χ0) is 8.48. The highest BCUT2D eigenvalue weighted by Gasteiger charge is 2.24. The largest absolute Gasteiger partial charge is 0.265 e. The fourth-order valence-corrected chi connectivity index (χ4v) is 1.57. The Balaban J connectivity index is 2.84. The van der Waals surface area contributed by atoms with Crippen molar-refractivity contribution in [3.63, 3.8) is 0 Å². The van der Waals surface area contributed by atoms with E-state index >= 15 is 0 Å². The summed E-state index contributed by atoms with van der Waals surface area (Å²) in [7, 11) is 0. The maximum absolute atomic E-state index is 4.42. The molecular weight excluding hydrogens is 134 g/mol. The third-order valence-electron chi connectivity index (χ3n) is 2.04. The van der Waals surface area contributed by atoms with E-state index in [1.165, 1.54) is 5.71 Å². The minimum absolute atomic E-state index is 0.240. The lowest BCUT2D eigenvalue weighted by atomic mass is 9.81. The summed E-state index contributed by atoms with van der Waals surface area (Å²) >= 11 is 0.